The van der Waals surface area contributed by atoms with Gasteiger partial charge in [-0.05, 0) is 30.0 Å². The van der Waals surface area contributed by atoms with Gasteiger partial charge in [0.2, 0.25) is 0 Å². The summed E-state index contributed by atoms with van der Waals surface area (Å²) < 4.78 is 5.68. The molecule has 1 aromatic carbocycles. The number of carbonyl (C=O) groups is 1. The van der Waals surface area contributed by atoms with E-state index in [0.717, 1.165) is 5.75 Å². The maximum absolute atomic E-state index is 11.7. The van der Waals surface area contributed by atoms with Crippen molar-refractivity contribution in [1.82, 2.24) is 4.90 Å². The van der Waals surface area contributed by atoms with E-state index in [2.05, 4.69) is 26.8 Å². The molecule has 1 unspecified atom stereocenters. The lowest BCUT2D eigenvalue weighted by atomic mass is 9.87. The van der Waals surface area contributed by atoms with Crippen LogP contribution in [0.1, 0.15) is 33.3 Å². The van der Waals surface area contributed by atoms with Gasteiger partial charge in [-0.1, -0.05) is 32.9 Å². The predicted octanol–water partition coefficient (Wildman–Crippen LogP) is 2.84. The summed E-state index contributed by atoms with van der Waals surface area (Å²) in [6.45, 7) is 8.23. The Bertz CT molecular complexity index is 419. The molecule has 0 aliphatic carbocycles. The predicted molar refractivity (Wildman–Crippen MR) is 73.9 cm³/mol. The lowest BCUT2D eigenvalue weighted by Gasteiger charge is -2.22. The molecule has 1 amide bonds. The molecule has 0 heterocycles. The van der Waals surface area contributed by atoms with Gasteiger partial charge in [0.25, 0.3) is 5.91 Å². The molecule has 3 heteroatoms. The van der Waals surface area contributed by atoms with Crippen molar-refractivity contribution in [3.8, 4) is 5.75 Å². The molecule has 0 fully saturated rings. The Morgan fingerprint density at radius 1 is 1.28 bits per heavy atom. The second-order valence-electron chi connectivity index (χ2n) is 5.77. The van der Waals surface area contributed by atoms with E-state index in [-0.39, 0.29) is 11.3 Å². The van der Waals surface area contributed by atoms with Crippen LogP contribution in [-0.2, 0) is 10.2 Å². The van der Waals surface area contributed by atoms with Crippen molar-refractivity contribution in [2.75, 3.05) is 14.1 Å². The number of hydrogen-bond acceptors (Lipinski definition) is 2. The minimum absolute atomic E-state index is 0.0313. The highest BCUT2D eigenvalue weighted by Gasteiger charge is 2.18. The number of rotatable bonds is 3. The van der Waals surface area contributed by atoms with E-state index in [1.165, 1.54) is 10.5 Å². The van der Waals surface area contributed by atoms with Crippen LogP contribution in [0.25, 0.3) is 0 Å². The monoisotopic (exact) mass is 249 g/mol. The first-order chi connectivity index (χ1) is 8.21. The van der Waals surface area contributed by atoms with Gasteiger partial charge < -0.3 is 9.64 Å². The van der Waals surface area contributed by atoms with Gasteiger partial charge in [0.15, 0.2) is 6.10 Å². The van der Waals surface area contributed by atoms with Crippen LogP contribution >= 0.6 is 0 Å². The summed E-state index contributed by atoms with van der Waals surface area (Å²) in [5.74, 6) is 0.710. The molecule has 3 nitrogen and oxygen atoms in total. The minimum Gasteiger partial charge on any atom is -0.481 e. The van der Waals surface area contributed by atoms with Crippen molar-refractivity contribution in [1.29, 1.82) is 0 Å². The second kappa shape index (κ2) is 5.42. The number of amides is 1. The van der Waals surface area contributed by atoms with Crippen LogP contribution in [0, 0.1) is 0 Å². The van der Waals surface area contributed by atoms with Crippen molar-refractivity contribution in [2.24, 2.45) is 0 Å². The molecular weight excluding hydrogens is 226 g/mol. The molecule has 0 N–H and O–H groups in total. The Morgan fingerprint density at radius 3 is 2.39 bits per heavy atom. The summed E-state index contributed by atoms with van der Waals surface area (Å²) in [5.41, 5.74) is 1.28. The largest absolute Gasteiger partial charge is 0.481 e. The van der Waals surface area contributed by atoms with Crippen LogP contribution in [0.15, 0.2) is 24.3 Å². The quantitative estimate of drug-likeness (QED) is 0.824. The summed E-state index contributed by atoms with van der Waals surface area (Å²) >= 11 is 0. The molecule has 0 spiro atoms. The zero-order valence-electron chi connectivity index (χ0n) is 12.2. The molecule has 0 bridgehead atoms. The van der Waals surface area contributed by atoms with Crippen LogP contribution in [0.3, 0.4) is 0 Å². The average Bonchev–Trinajstić information content (AvgIpc) is 2.27. The topological polar surface area (TPSA) is 29.5 Å². The fraction of sp³-hybridized carbons (Fsp3) is 0.533. The molecule has 0 aliphatic heterocycles. The number of carbonyl (C=O) groups excluding carboxylic acids is 1. The number of benzene rings is 1. The van der Waals surface area contributed by atoms with E-state index in [4.69, 9.17) is 4.74 Å². The fourth-order valence-corrected chi connectivity index (χ4v) is 1.65. The Morgan fingerprint density at radius 2 is 1.89 bits per heavy atom. The molecule has 18 heavy (non-hydrogen) atoms. The van der Waals surface area contributed by atoms with Crippen molar-refractivity contribution >= 4 is 5.91 Å². The molecule has 1 rings (SSSR count). The summed E-state index contributed by atoms with van der Waals surface area (Å²) in [6.07, 6.45) is -0.463. The van der Waals surface area contributed by atoms with Gasteiger partial charge in [0.1, 0.15) is 5.75 Å². The van der Waals surface area contributed by atoms with Crippen molar-refractivity contribution in [3.05, 3.63) is 29.8 Å². The first-order valence-electron chi connectivity index (χ1n) is 6.20. The van der Waals surface area contributed by atoms with E-state index in [1.807, 2.05) is 18.2 Å². The Hall–Kier alpha value is -1.51. The summed E-state index contributed by atoms with van der Waals surface area (Å²) in [7, 11) is 3.46. The van der Waals surface area contributed by atoms with E-state index in [0.29, 0.717) is 0 Å². The Kier molecular flexibility index (Phi) is 4.38. The second-order valence-corrected chi connectivity index (χ2v) is 5.77. The van der Waals surface area contributed by atoms with Gasteiger partial charge in [0, 0.05) is 14.1 Å². The summed E-state index contributed by atoms with van der Waals surface area (Å²) in [4.78, 5) is 13.3. The molecule has 0 aromatic heterocycles. The smallest absolute Gasteiger partial charge is 0.262 e. The van der Waals surface area contributed by atoms with Gasteiger partial charge in [0.05, 0.1) is 0 Å². The Balaban J connectivity index is 2.83. The summed E-state index contributed by atoms with van der Waals surface area (Å²) in [5, 5.41) is 0. The Labute approximate surface area is 110 Å². The van der Waals surface area contributed by atoms with Crippen molar-refractivity contribution in [2.45, 2.75) is 39.2 Å². The zero-order valence-corrected chi connectivity index (χ0v) is 12.2. The van der Waals surface area contributed by atoms with Crippen LogP contribution < -0.4 is 4.74 Å². The lowest BCUT2D eigenvalue weighted by molar-refractivity contribution is -0.135. The third-order valence-corrected chi connectivity index (χ3v) is 2.80. The molecule has 0 saturated carbocycles. The normalized spacial score (nSPS) is 13.0. The number of hydrogen-bond donors (Lipinski definition) is 0. The van der Waals surface area contributed by atoms with E-state index < -0.39 is 6.10 Å². The van der Waals surface area contributed by atoms with Crippen LogP contribution in [0.4, 0.5) is 0 Å². The average molecular weight is 249 g/mol. The standard InChI is InChI=1S/C15H23NO2/c1-11(14(17)16(5)6)18-13-9-7-8-12(10-13)15(2,3)4/h7-11H,1-6H3. The minimum atomic E-state index is -0.463. The third kappa shape index (κ3) is 3.76. The van der Waals surface area contributed by atoms with Gasteiger partial charge in [-0.25, -0.2) is 0 Å². The fourth-order valence-electron chi connectivity index (χ4n) is 1.65. The van der Waals surface area contributed by atoms with Gasteiger partial charge in [-0.3, -0.25) is 4.79 Å². The molecular formula is C15H23NO2. The highest BCUT2D eigenvalue weighted by molar-refractivity contribution is 5.80. The van der Waals surface area contributed by atoms with Crippen molar-refractivity contribution in [3.63, 3.8) is 0 Å². The molecule has 0 aliphatic rings. The SMILES string of the molecule is CC(Oc1cccc(C(C)(C)C)c1)C(=O)N(C)C. The molecule has 1 atom stereocenters. The zero-order chi connectivity index (χ0) is 13.9. The molecule has 0 saturated heterocycles. The van der Waals surface area contributed by atoms with Gasteiger partial charge in [-0.2, -0.15) is 0 Å². The highest BCUT2D eigenvalue weighted by atomic mass is 16.5. The third-order valence-electron chi connectivity index (χ3n) is 2.80. The maximum atomic E-state index is 11.7. The number of ether oxygens (including phenoxy) is 1. The highest BCUT2D eigenvalue weighted by Crippen LogP contribution is 2.26. The first-order valence-corrected chi connectivity index (χ1v) is 6.20. The van der Waals surface area contributed by atoms with E-state index in [1.54, 1.807) is 21.0 Å². The first kappa shape index (κ1) is 14.6. The molecule has 1 aromatic rings. The maximum Gasteiger partial charge on any atom is 0.262 e. The van der Waals surface area contributed by atoms with Crippen LogP contribution in [-0.4, -0.2) is 31.0 Å². The van der Waals surface area contributed by atoms with Gasteiger partial charge in [-0.15, -0.1) is 0 Å². The van der Waals surface area contributed by atoms with Gasteiger partial charge >= 0.3 is 0 Å². The molecule has 100 valence electrons. The lowest BCUT2D eigenvalue weighted by Crippen LogP contribution is -2.35. The van der Waals surface area contributed by atoms with E-state index in [9.17, 15) is 4.79 Å². The molecule has 0 radical (unpaired) electrons. The number of likely N-dealkylation sites (N-methyl/N-ethyl adjacent to an activating group) is 1. The van der Waals surface area contributed by atoms with Crippen molar-refractivity contribution < 1.29 is 9.53 Å². The van der Waals surface area contributed by atoms with Crippen LogP contribution in [0.2, 0.25) is 0 Å². The van der Waals surface area contributed by atoms with Crippen LogP contribution in [0.5, 0.6) is 5.75 Å². The number of nitrogens with zero attached hydrogens (tertiary/aromatic N) is 1. The van der Waals surface area contributed by atoms with E-state index >= 15 is 0 Å². The summed E-state index contributed by atoms with van der Waals surface area (Å²) in [6, 6.07) is 7.92.